The third-order valence-corrected chi connectivity index (χ3v) is 4.64. The van der Waals surface area contributed by atoms with Gasteiger partial charge in [0.15, 0.2) is 0 Å². The quantitative estimate of drug-likeness (QED) is 0.748. The van der Waals surface area contributed by atoms with E-state index < -0.39 is 30.0 Å². The number of benzene rings is 1. The molecule has 0 radical (unpaired) electrons. The van der Waals surface area contributed by atoms with Crippen LogP contribution < -0.4 is 5.32 Å². The van der Waals surface area contributed by atoms with Gasteiger partial charge in [-0.15, -0.1) is 0 Å². The topological polar surface area (TPSA) is 86.7 Å². The van der Waals surface area contributed by atoms with Crippen molar-refractivity contribution in [2.24, 2.45) is 0 Å². The summed E-state index contributed by atoms with van der Waals surface area (Å²) < 4.78 is 0. The zero-order chi connectivity index (χ0) is 20.0. The number of aliphatic carboxylic acids is 1. The van der Waals surface area contributed by atoms with Gasteiger partial charge in [-0.05, 0) is 18.6 Å². The molecule has 0 bridgehead atoms. The molecule has 0 fully saturated rings. The Morgan fingerprint density at radius 1 is 1.30 bits per heavy atom. The van der Waals surface area contributed by atoms with Crippen molar-refractivity contribution in [3.63, 3.8) is 0 Å². The largest absolute Gasteiger partial charge is 0.480 e. The van der Waals surface area contributed by atoms with Crippen molar-refractivity contribution in [3.05, 3.63) is 59.2 Å². The first kappa shape index (κ1) is 20.7. The molecule has 2 rings (SSSR count). The summed E-state index contributed by atoms with van der Waals surface area (Å²) in [5, 5.41) is 12.7. The van der Waals surface area contributed by atoms with Gasteiger partial charge >= 0.3 is 5.97 Å². The minimum absolute atomic E-state index is 0.266. The molecule has 0 saturated carbocycles. The summed E-state index contributed by atoms with van der Waals surface area (Å²) in [6, 6.07) is 6.83. The van der Waals surface area contributed by atoms with Gasteiger partial charge in [0.05, 0.1) is 6.04 Å². The number of carbonyl (C=O) groups is 3. The molecule has 1 aliphatic rings. The van der Waals surface area contributed by atoms with E-state index in [1.54, 1.807) is 18.2 Å². The van der Waals surface area contributed by atoms with Gasteiger partial charge in [-0.3, -0.25) is 9.59 Å². The van der Waals surface area contributed by atoms with E-state index in [0.717, 1.165) is 5.56 Å². The van der Waals surface area contributed by atoms with Crippen molar-refractivity contribution >= 4 is 29.4 Å². The van der Waals surface area contributed by atoms with Gasteiger partial charge in [-0.25, -0.2) is 4.79 Å². The van der Waals surface area contributed by atoms with Crippen LogP contribution in [0.4, 0.5) is 0 Å². The lowest BCUT2D eigenvalue weighted by Crippen LogP contribution is -2.57. The summed E-state index contributed by atoms with van der Waals surface area (Å²) in [6.07, 6.45) is 5.76. The number of nitrogens with one attached hydrogen (secondary N) is 1. The summed E-state index contributed by atoms with van der Waals surface area (Å²) in [6.45, 7) is 2.78. The van der Waals surface area contributed by atoms with Crippen LogP contribution in [0.25, 0.3) is 0 Å². The van der Waals surface area contributed by atoms with E-state index in [-0.39, 0.29) is 12.3 Å². The average Bonchev–Trinajstić information content (AvgIpc) is 2.61. The van der Waals surface area contributed by atoms with Crippen LogP contribution in [0.15, 0.2) is 53.6 Å². The Hall–Kier alpha value is -2.60. The molecule has 144 valence electrons. The number of hydrogen-bond donors (Lipinski definition) is 2. The molecular formula is C20H23ClN2O4. The van der Waals surface area contributed by atoms with Crippen molar-refractivity contribution in [2.45, 2.75) is 44.8 Å². The average molecular weight is 391 g/mol. The first-order valence-corrected chi connectivity index (χ1v) is 9.06. The number of carboxylic acids is 1. The van der Waals surface area contributed by atoms with Crippen molar-refractivity contribution < 1.29 is 19.5 Å². The van der Waals surface area contributed by atoms with Crippen LogP contribution in [0.1, 0.15) is 25.8 Å². The molecule has 1 aromatic rings. The number of nitrogens with zero attached hydrogens (tertiary/aromatic N) is 1. The minimum atomic E-state index is -1.12. The highest BCUT2D eigenvalue weighted by molar-refractivity contribution is 6.29. The second-order valence-corrected chi connectivity index (χ2v) is 6.96. The van der Waals surface area contributed by atoms with E-state index in [1.165, 1.54) is 18.7 Å². The molecule has 0 spiro atoms. The fourth-order valence-electron chi connectivity index (χ4n) is 3.05. The van der Waals surface area contributed by atoms with E-state index >= 15 is 0 Å². The van der Waals surface area contributed by atoms with Crippen molar-refractivity contribution in [1.29, 1.82) is 0 Å². The monoisotopic (exact) mass is 390 g/mol. The van der Waals surface area contributed by atoms with Gasteiger partial charge in [-0.1, -0.05) is 54.1 Å². The van der Waals surface area contributed by atoms with Crippen LogP contribution >= 0.6 is 11.6 Å². The number of carbonyl (C=O) groups excluding carboxylic acids is 2. The molecule has 7 heteroatoms. The Balaban J connectivity index is 2.33. The van der Waals surface area contributed by atoms with Crippen LogP contribution in [0.5, 0.6) is 0 Å². The van der Waals surface area contributed by atoms with Crippen LogP contribution in [0.2, 0.25) is 0 Å². The SMILES string of the molecule is CC(=O)NC(Cc1ccccc1)C(=O)N(C1C=CC=C(Cl)C1)[C@@H](C)C(=O)O. The predicted octanol–water partition coefficient (Wildman–Crippen LogP) is 2.49. The van der Waals surface area contributed by atoms with E-state index in [2.05, 4.69) is 5.32 Å². The molecule has 3 atom stereocenters. The Labute approximate surface area is 163 Å². The summed E-state index contributed by atoms with van der Waals surface area (Å²) in [7, 11) is 0. The fraction of sp³-hybridized carbons (Fsp3) is 0.350. The van der Waals surface area contributed by atoms with E-state index in [9.17, 15) is 19.5 Å². The van der Waals surface area contributed by atoms with E-state index in [4.69, 9.17) is 11.6 Å². The van der Waals surface area contributed by atoms with Crippen LogP contribution in [-0.4, -0.2) is 45.9 Å². The van der Waals surface area contributed by atoms with Gasteiger partial charge in [0, 0.05) is 24.8 Å². The van der Waals surface area contributed by atoms with Gasteiger partial charge in [0.2, 0.25) is 11.8 Å². The predicted molar refractivity (Wildman–Crippen MR) is 103 cm³/mol. The maximum absolute atomic E-state index is 13.3. The van der Waals surface area contributed by atoms with E-state index in [1.807, 2.05) is 30.3 Å². The number of carboxylic acid groups (broad SMARTS) is 1. The summed E-state index contributed by atoms with van der Waals surface area (Å²) in [5.74, 6) is -1.93. The molecule has 1 aliphatic carbocycles. The number of amides is 2. The first-order chi connectivity index (χ1) is 12.8. The number of allylic oxidation sites excluding steroid dienone is 2. The smallest absolute Gasteiger partial charge is 0.326 e. The van der Waals surface area contributed by atoms with Crippen LogP contribution in [-0.2, 0) is 20.8 Å². The maximum Gasteiger partial charge on any atom is 0.326 e. The normalized spacial score (nSPS) is 18.2. The summed E-state index contributed by atoms with van der Waals surface area (Å²) >= 11 is 6.09. The van der Waals surface area contributed by atoms with E-state index in [0.29, 0.717) is 11.5 Å². The standard InChI is InChI=1S/C20H23ClN2O4/c1-13(20(26)27)23(17-10-6-9-16(21)12-17)19(25)18(22-14(2)24)11-15-7-4-3-5-8-15/h3-10,13,17-18H,11-12H2,1-2H3,(H,22,24)(H,26,27)/t13-,17?,18?/m0/s1. The lowest BCUT2D eigenvalue weighted by atomic mass is 10.00. The molecule has 2 unspecified atom stereocenters. The van der Waals surface area contributed by atoms with Gasteiger partial charge < -0.3 is 15.3 Å². The Bertz CT molecular complexity index is 761. The van der Waals surface area contributed by atoms with Gasteiger partial charge in [-0.2, -0.15) is 0 Å². The second-order valence-electron chi connectivity index (χ2n) is 6.47. The highest BCUT2D eigenvalue weighted by atomic mass is 35.5. The zero-order valence-corrected chi connectivity index (χ0v) is 16.0. The number of hydrogen-bond acceptors (Lipinski definition) is 3. The third kappa shape index (κ3) is 5.69. The lowest BCUT2D eigenvalue weighted by Gasteiger charge is -2.36. The molecule has 0 heterocycles. The van der Waals surface area contributed by atoms with Gasteiger partial charge in [0.1, 0.15) is 12.1 Å². The summed E-state index contributed by atoms with van der Waals surface area (Å²) in [4.78, 5) is 37.9. The first-order valence-electron chi connectivity index (χ1n) is 8.68. The number of halogens is 1. The third-order valence-electron chi connectivity index (χ3n) is 4.36. The van der Waals surface area contributed by atoms with Crippen molar-refractivity contribution in [2.75, 3.05) is 0 Å². The highest BCUT2D eigenvalue weighted by Crippen LogP contribution is 2.24. The Morgan fingerprint density at radius 2 is 1.96 bits per heavy atom. The van der Waals surface area contributed by atoms with Crippen LogP contribution in [0, 0.1) is 0 Å². The molecule has 27 heavy (non-hydrogen) atoms. The molecule has 0 aliphatic heterocycles. The molecule has 2 amide bonds. The second kappa shape index (κ2) is 9.37. The molecule has 6 nitrogen and oxygen atoms in total. The lowest BCUT2D eigenvalue weighted by molar-refractivity contribution is -0.152. The molecular weight excluding hydrogens is 368 g/mol. The Kier molecular flexibility index (Phi) is 7.19. The fourth-order valence-corrected chi connectivity index (χ4v) is 3.28. The minimum Gasteiger partial charge on any atom is -0.480 e. The Morgan fingerprint density at radius 3 is 2.52 bits per heavy atom. The van der Waals surface area contributed by atoms with Crippen molar-refractivity contribution in [3.8, 4) is 0 Å². The van der Waals surface area contributed by atoms with Crippen LogP contribution in [0.3, 0.4) is 0 Å². The van der Waals surface area contributed by atoms with Crippen molar-refractivity contribution in [1.82, 2.24) is 10.2 Å². The van der Waals surface area contributed by atoms with Gasteiger partial charge in [0.25, 0.3) is 0 Å². The number of rotatable bonds is 7. The molecule has 0 aromatic heterocycles. The maximum atomic E-state index is 13.3. The molecule has 0 saturated heterocycles. The summed E-state index contributed by atoms with van der Waals surface area (Å²) in [5.41, 5.74) is 0.865. The highest BCUT2D eigenvalue weighted by Gasteiger charge is 2.36. The molecule has 1 aromatic carbocycles. The zero-order valence-electron chi connectivity index (χ0n) is 15.3. The molecule has 2 N–H and O–H groups in total.